The van der Waals surface area contributed by atoms with Gasteiger partial charge in [0.15, 0.2) is 0 Å². The van der Waals surface area contributed by atoms with Crippen molar-refractivity contribution in [2.75, 3.05) is 40.9 Å². The Balaban J connectivity index is 1.46. The van der Waals surface area contributed by atoms with E-state index in [1.54, 1.807) is 7.11 Å². The summed E-state index contributed by atoms with van der Waals surface area (Å²) >= 11 is 0. The van der Waals surface area contributed by atoms with Gasteiger partial charge in [-0.2, -0.15) is 0 Å². The molecule has 0 spiro atoms. The molecule has 0 N–H and O–H groups in total. The number of aryl methyl sites for hydroxylation is 1. The van der Waals surface area contributed by atoms with Crippen molar-refractivity contribution in [1.82, 2.24) is 9.80 Å². The van der Waals surface area contributed by atoms with Gasteiger partial charge in [-0.1, -0.05) is 55.0 Å². The van der Waals surface area contributed by atoms with Crippen molar-refractivity contribution < 1.29 is 14.3 Å². The summed E-state index contributed by atoms with van der Waals surface area (Å²) in [5, 5.41) is 0. The van der Waals surface area contributed by atoms with Gasteiger partial charge in [-0.25, -0.2) is 0 Å². The molecule has 0 bridgehead atoms. The van der Waals surface area contributed by atoms with E-state index < -0.39 is 0 Å². The molecule has 38 heavy (non-hydrogen) atoms. The molecule has 3 atom stereocenters. The topological polar surface area (TPSA) is 42.0 Å². The molecule has 1 heterocycles. The number of amides is 1. The number of nitrogens with zero attached hydrogens (tertiary/aromatic N) is 2. The van der Waals surface area contributed by atoms with Crippen LogP contribution in [0.2, 0.25) is 0 Å². The minimum absolute atomic E-state index is 0.179. The molecule has 1 saturated carbocycles. The molecule has 0 unspecified atom stereocenters. The van der Waals surface area contributed by atoms with Crippen LogP contribution in [0, 0.1) is 0 Å². The molecule has 1 saturated heterocycles. The number of benzene rings is 2. The molecule has 0 aromatic heterocycles. The van der Waals surface area contributed by atoms with Crippen LogP contribution >= 0.6 is 0 Å². The maximum atomic E-state index is 13.3. The molecule has 0 radical (unpaired) electrons. The normalized spacial score (nSPS) is 25.4. The van der Waals surface area contributed by atoms with Crippen molar-refractivity contribution in [3.05, 3.63) is 78.4 Å². The Morgan fingerprint density at radius 1 is 1.11 bits per heavy atom. The number of piperidine rings is 1. The van der Waals surface area contributed by atoms with Gasteiger partial charge in [0.05, 0.1) is 12.7 Å². The number of likely N-dealkylation sites (tertiary alicyclic amines) is 1. The first-order valence-corrected chi connectivity index (χ1v) is 14.3. The first kappa shape index (κ1) is 28.4. The maximum absolute atomic E-state index is 13.3. The zero-order valence-corrected chi connectivity index (χ0v) is 23.7. The fourth-order valence-corrected chi connectivity index (χ4v) is 6.96. The van der Waals surface area contributed by atoms with Gasteiger partial charge in [0.1, 0.15) is 5.75 Å². The Bertz CT molecular complexity index is 1060. The summed E-state index contributed by atoms with van der Waals surface area (Å²) in [5.41, 5.74) is 2.16. The summed E-state index contributed by atoms with van der Waals surface area (Å²) < 4.78 is 12.1. The van der Waals surface area contributed by atoms with Crippen molar-refractivity contribution in [1.29, 1.82) is 0 Å². The minimum atomic E-state index is -0.307. The van der Waals surface area contributed by atoms with Gasteiger partial charge in [0.2, 0.25) is 5.91 Å². The lowest BCUT2D eigenvalue weighted by molar-refractivity contribution is -0.159. The minimum Gasteiger partial charge on any atom is -0.497 e. The van der Waals surface area contributed by atoms with Crippen LogP contribution in [0.3, 0.4) is 0 Å². The third kappa shape index (κ3) is 6.00. The second kappa shape index (κ2) is 12.9. The smallest absolute Gasteiger partial charge is 0.222 e. The van der Waals surface area contributed by atoms with Crippen LogP contribution < -0.4 is 4.74 Å². The van der Waals surface area contributed by atoms with Gasteiger partial charge < -0.3 is 14.4 Å². The highest BCUT2D eigenvalue weighted by atomic mass is 16.5. The summed E-state index contributed by atoms with van der Waals surface area (Å²) in [7, 11) is 5.61. The average Bonchev–Trinajstić information content (AvgIpc) is 2.96. The quantitative estimate of drug-likeness (QED) is 0.254. The van der Waals surface area contributed by atoms with E-state index in [1.165, 1.54) is 11.1 Å². The fraction of sp³-hybridized carbons (Fsp3) is 0.545. The van der Waals surface area contributed by atoms with E-state index in [4.69, 9.17) is 9.47 Å². The van der Waals surface area contributed by atoms with E-state index in [0.717, 1.165) is 76.8 Å². The molecule has 2 aliphatic rings. The van der Waals surface area contributed by atoms with E-state index in [-0.39, 0.29) is 23.0 Å². The van der Waals surface area contributed by atoms with Gasteiger partial charge in [-0.15, -0.1) is 6.58 Å². The Morgan fingerprint density at radius 2 is 1.92 bits per heavy atom. The van der Waals surface area contributed by atoms with Crippen LogP contribution in [0.5, 0.6) is 5.75 Å². The van der Waals surface area contributed by atoms with Crippen LogP contribution in [0.25, 0.3) is 0 Å². The summed E-state index contributed by atoms with van der Waals surface area (Å²) in [5.74, 6) is 1.14. The predicted octanol–water partition coefficient (Wildman–Crippen LogP) is 6.02. The van der Waals surface area contributed by atoms with Crippen molar-refractivity contribution in [2.45, 2.75) is 74.8 Å². The fourth-order valence-electron chi connectivity index (χ4n) is 6.96. The van der Waals surface area contributed by atoms with Crippen LogP contribution in [-0.4, -0.2) is 68.3 Å². The molecule has 4 rings (SSSR count). The van der Waals surface area contributed by atoms with Gasteiger partial charge in [0.25, 0.3) is 0 Å². The molecular weight excluding hydrogens is 472 g/mol. The number of rotatable bonds is 12. The highest BCUT2D eigenvalue weighted by Crippen LogP contribution is 2.54. The standard InChI is InChI=1S/C33H46N2O3/c1-5-22-35-23-21-32(28-16-12-17-30(24-28)37-3)25-29(19-20-33(32,26-35)38-4)34(2)31(36)18-11-7-10-15-27-13-8-6-9-14-27/h5-6,8-9,12-14,16-17,24,29H,1,7,10-11,15,18-23,25-26H2,2-4H3/t29-,32-,33-/m0/s1. The zero-order chi connectivity index (χ0) is 27.0. The van der Waals surface area contributed by atoms with Crippen molar-refractivity contribution in [3.8, 4) is 5.75 Å². The van der Waals surface area contributed by atoms with Gasteiger partial charge >= 0.3 is 0 Å². The van der Waals surface area contributed by atoms with Gasteiger partial charge in [-0.3, -0.25) is 9.69 Å². The summed E-state index contributed by atoms with van der Waals surface area (Å²) in [6.45, 7) is 6.69. The number of carbonyl (C=O) groups is 1. The summed E-state index contributed by atoms with van der Waals surface area (Å²) in [6.07, 6.45) is 10.6. The molecule has 2 aromatic rings. The summed E-state index contributed by atoms with van der Waals surface area (Å²) in [6, 6.07) is 19.3. The number of hydrogen-bond donors (Lipinski definition) is 0. The van der Waals surface area contributed by atoms with Gasteiger partial charge in [-0.05, 0) is 74.8 Å². The Kier molecular flexibility index (Phi) is 9.67. The third-order valence-corrected chi connectivity index (χ3v) is 9.21. The molecule has 1 amide bonds. The van der Waals surface area contributed by atoms with E-state index >= 15 is 0 Å². The first-order chi connectivity index (χ1) is 18.5. The molecule has 5 heteroatoms. The highest BCUT2D eigenvalue weighted by Gasteiger charge is 2.59. The second-order valence-electron chi connectivity index (χ2n) is 11.2. The van der Waals surface area contributed by atoms with Crippen LogP contribution in [-0.2, 0) is 21.4 Å². The maximum Gasteiger partial charge on any atom is 0.222 e. The van der Waals surface area contributed by atoms with Crippen molar-refractivity contribution >= 4 is 5.91 Å². The number of hydrogen-bond acceptors (Lipinski definition) is 4. The van der Waals surface area contributed by atoms with E-state index in [2.05, 4.69) is 64.9 Å². The predicted molar refractivity (Wildman–Crippen MR) is 155 cm³/mol. The summed E-state index contributed by atoms with van der Waals surface area (Å²) in [4.78, 5) is 17.8. The Labute approximate surface area is 229 Å². The first-order valence-electron chi connectivity index (χ1n) is 14.3. The molecule has 2 fully saturated rings. The lowest BCUT2D eigenvalue weighted by Gasteiger charge is -2.60. The number of ether oxygens (including phenoxy) is 2. The molecular formula is C33H46N2O3. The molecule has 206 valence electrons. The average molecular weight is 519 g/mol. The number of methoxy groups -OCH3 is 2. The third-order valence-electron chi connectivity index (χ3n) is 9.21. The number of carbonyl (C=O) groups excluding carboxylic acids is 1. The lowest BCUT2D eigenvalue weighted by atomic mass is 9.55. The van der Waals surface area contributed by atoms with Crippen LogP contribution in [0.15, 0.2) is 67.3 Å². The number of fused-ring (bicyclic) bond motifs is 1. The molecule has 1 aliphatic heterocycles. The second-order valence-corrected chi connectivity index (χ2v) is 11.2. The van der Waals surface area contributed by atoms with Gasteiger partial charge in [0, 0.05) is 45.1 Å². The van der Waals surface area contributed by atoms with Crippen molar-refractivity contribution in [3.63, 3.8) is 0 Å². The Hall–Kier alpha value is -2.63. The van der Waals surface area contributed by atoms with E-state index in [9.17, 15) is 4.79 Å². The molecule has 2 aromatic carbocycles. The van der Waals surface area contributed by atoms with Crippen LogP contribution in [0.1, 0.15) is 62.5 Å². The molecule has 5 nitrogen and oxygen atoms in total. The zero-order valence-electron chi connectivity index (χ0n) is 23.7. The highest BCUT2D eigenvalue weighted by molar-refractivity contribution is 5.76. The lowest BCUT2D eigenvalue weighted by Crippen LogP contribution is -2.68. The van der Waals surface area contributed by atoms with Crippen molar-refractivity contribution in [2.24, 2.45) is 0 Å². The monoisotopic (exact) mass is 518 g/mol. The van der Waals surface area contributed by atoms with E-state index in [1.807, 2.05) is 26.3 Å². The molecule has 1 aliphatic carbocycles. The van der Waals surface area contributed by atoms with E-state index in [0.29, 0.717) is 6.42 Å². The van der Waals surface area contributed by atoms with Crippen LogP contribution in [0.4, 0.5) is 0 Å². The SMILES string of the molecule is C=CCN1CC[C@@]2(c3cccc(OC)c3)C[C@@H](N(C)C(=O)CCCCCc3ccccc3)CC[C@]2(OC)C1. The Morgan fingerprint density at radius 3 is 2.66 bits per heavy atom. The number of unbranched alkanes of at least 4 members (excludes halogenated alkanes) is 2. The largest absolute Gasteiger partial charge is 0.497 e.